The summed E-state index contributed by atoms with van der Waals surface area (Å²) in [6.45, 7) is 3.62. The monoisotopic (exact) mass is 312 g/mol. The van der Waals surface area contributed by atoms with Crippen molar-refractivity contribution in [3.05, 3.63) is 35.4 Å². The van der Waals surface area contributed by atoms with Gasteiger partial charge in [0, 0.05) is 25.6 Å². The van der Waals surface area contributed by atoms with E-state index >= 15 is 0 Å². The van der Waals surface area contributed by atoms with Gasteiger partial charge in [-0.2, -0.15) is 0 Å². The molecular weight excluding hydrogens is 290 g/mol. The van der Waals surface area contributed by atoms with Crippen molar-refractivity contribution in [1.29, 1.82) is 0 Å². The highest BCUT2D eigenvalue weighted by molar-refractivity contribution is 5.75. The van der Waals surface area contributed by atoms with Crippen LogP contribution in [0.3, 0.4) is 0 Å². The molecule has 0 aliphatic carbocycles. The summed E-state index contributed by atoms with van der Waals surface area (Å²) >= 11 is 0. The largest absolute Gasteiger partial charge is 0.387 e. The molecule has 122 valence electrons. The van der Waals surface area contributed by atoms with Crippen LogP contribution in [0, 0.1) is 11.6 Å². The molecule has 22 heavy (non-hydrogen) atoms. The van der Waals surface area contributed by atoms with Crippen LogP contribution in [-0.2, 0) is 4.79 Å². The van der Waals surface area contributed by atoms with Gasteiger partial charge in [-0.3, -0.25) is 9.69 Å². The van der Waals surface area contributed by atoms with Crippen molar-refractivity contribution in [2.24, 2.45) is 0 Å². The first-order valence-corrected chi connectivity index (χ1v) is 7.64. The van der Waals surface area contributed by atoms with E-state index in [2.05, 4.69) is 5.32 Å². The third kappa shape index (κ3) is 4.48. The molecule has 1 aromatic rings. The molecule has 1 saturated heterocycles. The van der Waals surface area contributed by atoms with Crippen molar-refractivity contribution < 1.29 is 18.7 Å². The smallest absolute Gasteiger partial charge is 0.219 e. The lowest BCUT2D eigenvalue weighted by Crippen LogP contribution is -2.48. The van der Waals surface area contributed by atoms with E-state index in [1.807, 2.05) is 11.8 Å². The molecule has 2 N–H and O–H groups in total. The molecule has 0 aromatic heterocycles. The predicted molar refractivity (Wildman–Crippen MR) is 79.2 cm³/mol. The van der Waals surface area contributed by atoms with Crippen LogP contribution in [0.4, 0.5) is 8.78 Å². The fourth-order valence-electron chi connectivity index (χ4n) is 2.74. The van der Waals surface area contributed by atoms with Crippen molar-refractivity contribution in [3.63, 3.8) is 0 Å². The number of likely N-dealkylation sites (tertiary alicyclic amines) is 1. The van der Waals surface area contributed by atoms with Gasteiger partial charge in [0.1, 0.15) is 0 Å². The average molecular weight is 312 g/mol. The van der Waals surface area contributed by atoms with Crippen molar-refractivity contribution in [2.45, 2.75) is 38.3 Å². The second kappa shape index (κ2) is 7.65. The van der Waals surface area contributed by atoms with Crippen LogP contribution in [0.1, 0.15) is 37.9 Å². The fraction of sp³-hybridized carbons (Fsp3) is 0.562. The average Bonchev–Trinajstić information content (AvgIpc) is 2.50. The molecule has 1 aliphatic heterocycles. The number of piperidine rings is 1. The molecule has 0 saturated carbocycles. The molecule has 1 aliphatic rings. The number of carbonyl (C=O) groups excluding carboxylic acids is 1. The second-order valence-electron chi connectivity index (χ2n) is 5.71. The van der Waals surface area contributed by atoms with Crippen molar-refractivity contribution in [3.8, 4) is 0 Å². The number of rotatable bonds is 5. The number of hydrogen-bond acceptors (Lipinski definition) is 3. The lowest BCUT2D eigenvalue weighted by atomic mass is 10.0. The van der Waals surface area contributed by atoms with Gasteiger partial charge in [0.2, 0.25) is 5.91 Å². The summed E-state index contributed by atoms with van der Waals surface area (Å²) in [5.41, 5.74) is 0.360. The second-order valence-corrected chi connectivity index (χ2v) is 5.71. The lowest BCUT2D eigenvalue weighted by Gasteiger charge is -2.34. The molecule has 4 nitrogen and oxygen atoms in total. The number of β-amino-alcohol motifs (C(OH)–C–C–N with tert-alkyl or cyclic N) is 1. The van der Waals surface area contributed by atoms with E-state index in [0.717, 1.165) is 31.5 Å². The van der Waals surface area contributed by atoms with Crippen molar-refractivity contribution >= 4 is 5.91 Å². The zero-order valence-corrected chi connectivity index (χ0v) is 12.7. The number of carbonyl (C=O) groups is 1. The third-order valence-corrected chi connectivity index (χ3v) is 3.95. The van der Waals surface area contributed by atoms with E-state index in [1.165, 1.54) is 6.07 Å². The summed E-state index contributed by atoms with van der Waals surface area (Å²) in [6, 6.07) is 3.52. The van der Waals surface area contributed by atoms with Crippen LogP contribution in [0.5, 0.6) is 0 Å². The standard InChI is InChI=1S/C16H22F2N2O2/c1-2-16(22)19-12-4-3-7-20(9-12)10-15(21)11-5-6-13(17)14(18)8-11/h5-6,8,12,15,21H,2-4,7,9-10H2,1H3,(H,19,22). The van der Waals surface area contributed by atoms with Crippen LogP contribution in [0.15, 0.2) is 18.2 Å². The molecule has 0 spiro atoms. The van der Waals surface area contributed by atoms with Gasteiger partial charge in [-0.25, -0.2) is 8.78 Å². The number of halogens is 2. The highest BCUT2D eigenvalue weighted by Gasteiger charge is 2.23. The Morgan fingerprint density at radius 3 is 2.91 bits per heavy atom. The summed E-state index contributed by atoms with van der Waals surface area (Å²) in [5, 5.41) is 13.1. The maximum Gasteiger partial charge on any atom is 0.219 e. The van der Waals surface area contributed by atoms with E-state index in [-0.39, 0.29) is 11.9 Å². The van der Waals surface area contributed by atoms with Gasteiger partial charge in [0.15, 0.2) is 11.6 Å². The van der Waals surface area contributed by atoms with Crippen LogP contribution in [0.25, 0.3) is 0 Å². The van der Waals surface area contributed by atoms with Gasteiger partial charge >= 0.3 is 0 Å². The predicted octanol–water partition coefficient (Wildman–Crippen LogP) is 1.99. The zero-order valence-electron chi connectivity index (χ0n) is 12.7. The first-order chi connectivity index (χ1) is 10.5. The van der Waals surface area contributed by atoms with Gasteiger partial charge in [0.25, 0.3) is 0 Å². The molecule has 2 atom stereocenters. The van der Waals surface area contributed by atoms with Gasteiger partial charge in [-0.15, -0.1) is 0 Å². The highest BCUT2D eigenvalue weighted by atomic mass is 19.2. The molecule has 1 amide bonds. The molecule has 0 bridgehead atoms. The SMILES string of the molecule is CCC(=O)NC1CCCN(CC(O)c2ccc(F)c(F)c2)C1. The Morgan fingerprint density at radius 1 is 1.45 bits per heavy atom. The molecule has 1 aromatic carbocycles. The Labute approximate surface area is 129 Å². The molecule has 6 heteroatoms. The molecule has 1 heterocycles. The number of nitrogens with one attached hydrogen (secondary N) is 1. The summed E-state index contributed by atoms with van der Waals surface area (Å²) in [5.74, 6) is -1.85. The minimum atomic E-state index is -0.955. The van der Waals surface area contributed by atoms with Crippen molar-refractivity contribution in [2.75, 3.05) is 19.6 Å². The maximum absolute atomic E-state index is 13.2. The van der Waals surface area contributed by atoms with E-state index in [0.29, 0.717) is 25.1 Å². The summed E-state index contributed by atoms with van der Waals surface area (Å²) in [7, 11) is 0. The Balaban J connectivity index is 1.91. The van der Waals surface area contributed by atoms with Crippen LogP contribution >= 0.6 is 0 Å². The van der Waals surface area contributed by atoms with E-state index in [4.69, 9.17) is 0 Å². The number of benzene rings is 1. The van der Waals surface area contributed by atoms with Gasteiger partial charge in [0.05, 0.1) is 6.10 Å². The minimum absolute atomic E-state index is 0.0213. The Hall–Kier alpha value is -1.53. The van der Waals surface area contributed by atoms with Crippen LogP contribution in [-0.4, -0.2) is 41.6 Å². The number of aliphatic hydroxyl groups is 1. The summed E-state index contributed by atoms with van der Waals surface area (Å²) < 4.78 is 26.1. The minimum Gasteiger partial charge on any atom is -0.387 e. The molecular formula is C16H22F2N2O2. The first-order valence-electron chi connectivity index (χ1n) is 7.64. The third-order valence-electron chi connectivity index (χ3n) is 3.95. The summed E-state index contributed by atoms with van der Waals surface area (Å²) in [6.07, 6.45) is 1.42. The number of nitrogens with zero attached hydrogens (tertiary/aromatic N) is 1. The van der Waals surface area contributed by atoms with Crippen LogP contribution in [0.2, 0.25) is 0 Å². The normalized spacial score (nSPS) is 20.6. The quantitative estimate of drug-likeness (QED) is 0.874. The Bertz CT molecular complexity index is 525. The molecule has 2 rings (SSSR count). The number of hydrogen-bond donors (Lipinski definition) is 2. The fourth-order valence-corrected chi connectivity index (χ4v) is 2.74. The highest BCUT2D eigenvalue weighted by Crippen LogP contribution is 2.19. The van der Waals surface area contributed by atoms with Gasteiger partial charge in [-0.1, -0.05) is 13.0 Å². The first kappa shape index (κ1) is 16.8. The molecule has 0 radical (unpaired) electrons. The van der Waals surface area contributed by atoms with Gasteiger partial charge < -0.3 is 10.4 Å². The number of aliphatic hydroxyl groups excluding tert-OH is 1. The molecule has 2 unspecified atom stereocenters. The molecule has 1 fully saturated rings. The van der Waals surface area contributed by atoms with Crippen LogP contribution < -0.4 is 5.32 Å². The Kier molecular flexibility index (Phi) is 5.85. The maximum atomic E-state index is 13.2. The summed E-state index contributed by atoms with van der Waals surface area (Å²) in [4.78, 5) is 13.5. The Morgan fingerprint density at radius 2 is 2.23 bits per heavy atom. The van der Waals surface area contributed by atoms with Gasteiger partial charge in [-0.05, 0) is 37.1 Å². The van der Waals surface area contributed by atoms with E-state index < -0.39 is 17.7 Å². The van der Waals surface area contributed by atoms with E-state index in [9.17, 15) is 18.7 Å². The lowest BCUT2D eigenvalue weighted by molar-refractivity contribution is -0.121. The van der Waals surface area contributed by atoms with Crippen molar-refractivity contribution in [1.82, 2.24) is 10.2 Å². The topological polar surface area (TPSA) is 52.6 Å². The zero-order chi connectivity index (χ0) is 16.1. The van der Waals surface area contributed by atoms with E-state index in [1.54, 1.807) is 0 Å². The number of amides is 1.